The molecule has 2 saturated heterocycles. The summed E-state index contributed by atoms with van der Waals surface area (Å²) in [6.07, 6.45) is 4.18. The predicted molar refractivity (Wildman–Crippen MR) is 154 cm³/mol. The minimum atomic E-state index is -0.0201. The van der Waals surface area contributed by atoms with Crippen molar-refractivity contribution in [3.8, 4) is 22.9 Å². The number of rotatable bonds is 9. The summed E-state index contributed by atoms with van der Waals surface area (Å²) in [5.74, 6) is 3.22. The lowest BCUT2D eigenvalue weighted by Crippen LogP contribution is -2.41. The maximum atomic E-state index is 13.1. The number of amides is 1. The van der Waals surface area contributed by atoms with Gasteiger partial charge < -0.3 is 24.2 Å². The fourth-order valence-corrected chi connectivity index (χ4v) is 5.77. The molecule has 0 radical (unpaired) electrons. The first-order valence-corrected chi connectivity index (χ1v) is 14.4. The van der Waals surface area contributed by atoms with Crippen LogP contribution in [0.5, 0.6) is 11.5 Å². The molecule has 1 aromatic heterocycles. The van der Waals surface area contributed by atoms with E-state index < -0.39 is 0 Å². The van der Waals surface area contributed by atoms with Gasteiger partial charge in [0, 0.05) is 30.3 Å². The Bertz CT molecular complexity index is 1270. The largest absolute Gasteiger partial charge is 0.493 e. The van der Waals surface area contributed by atoms with Crippen LogP contribution in [0, 0.1) is 11.8 Å². The Morgan fingerprint density at radius 3 is 2.50 bits per heavy atom. The molecular formula is C31H41N5O4. The highest BCUT2D eigenvalue weighted by atomic mass is 16.5. The standard InChI is InChI=1S/C31H41N5O4/c1-21-6-5-15-36(19-21)26-10-7-23(8-11-26)22(2)32-31(37)24-13-16-35(17-14-24)20-29-33-30(34-40-29)25-9-12-27(38-3)28(18-25)39-4/h7-12,18,21-22,24H,5-6,13-17,19-20H2,1-4H3,(H,32,37). The van der Waals surface area contributed by atoms with E-state index in [9.17, 15) is 4.79 Å². The van der Waals surface area contributed by atoms with Gasteiger partial charge in [0.05, 0.1) is 26.8 Å². The van der Waals surface area contributed by atoms with Gasteiger partial charge >= 0.3 is 0 Å². The van der Waals surface area contributed by atoms with Gasteiger partial charge in [0.1, 0.15) is 0 Å². The minimum absolute atomic E-state index is 0.0119. The van der Waals surface area contributed by atoms with Gasteiger partial charge in [0.2, 0.25) is 17.6 Å². The lowest BCUT2D eigenvalue weighted by Gasteiger charge is -2.33. The van der Waals surface area contributed by atoms with Crippen molar-refractivity contribution < 1.29 is 18.8 Å². The summed E-state index contributed by atoms with van der Waals surface area (Å²) in [5.41, 5.74) is 3.22. The van der Waals surface area contributed by atoms with E-state index in [0.717, 1.165) is 56.1 Å². The quantitative estimate of drug-likeness (QED) is 0.397. The van der Waals surface area contributed by atoms with Gasteiger partial charge in [-0.25, -0.2) is 0 Å². The Labute approximate surface area is 236 Å². The number of carbonyl (C=O) groups is 1. The first kappa shape index (κ1) is 28.0. The van der Waals surface area contributed by atoms with Gasteiger partial charge in [0.25, 0.3) is 0 Å². The summed E-state index contributed by atoms with van der Waals surface area (Å²) in [5, 5.41) is 7.39. The molecule has 9 heteroatoms. The van der Waals surface area contributed by atoms with Crippen LogP contribution in [0.1, 0.15) is 57.0 Å². The first-order chi connectivity index (χ1) is 19.4. The van der Waals surface area contributed by atoms with Gasteiger partial charge in [0.15, 0.2) is 11.5 Å². The average molecular weight is 548 g/mol. The topological polar surface area (TPSA) is 93.0 Å². The van der Waals surface area contributed by atoms with Gasteiger partial charge in [-0.3, -0.25) is 9.69 Å². The van der Waals surface area contributed by atoms with Crippen molar-refractivity contribution >= 4 is 11.6 Å². The molecule has 2 fully saturated rings. The summed E-state index contributed by atoms with van der Waals surface area (Å²) in [6, 6.07) is 14.2. The molecule has 9 nitrogen and oxygen atoms in total. The molecule has 40 heavy (non-hydrogen) atoms. The van der Waals surface area contributed by atoms with Crippen LogP contribution in [-0.2, 0) is 11.3 Å². The van der Waals surface area contributed by atoms with Gasteiger partial charge in [-0.05, 0) is 87.5 Å². The Morgan fingerprint density at radius 2 is 1.80 bits per heavy atom. The fraction of sp³-hybridized carbons (Fsp3) is 0.516. The third-order valence-corrected chi connectivity index (χ3v) is 8.20. The zero-order valence-electron chi connectivity index (χ0n) is 24.1. The van der Waals surface area contributed by atoms with Crippen molar-refractivity contribution in [3.63, 3.8) is 0 Å². The van der Waals surface area contributed by atoms with Crippen LogP contribution >= 0.6 is 0 Å². The highest BCUT2D eigenvalue weighted by molar-refractivity contribution is 5.79. The zero-order chi connectivity index (χ0) is 28.1. The molecule has 0 bridgehead atoms. The van der Waals surface area contributed by atoms with Gasteiger partial charge in [-0.1, -0.05) is 24.2 Å². The fourth-order valence-electron chi connectivity index (χ4n) is 5.77. The van der Waals surface area contributed by atoms with Gasteiger partial charge in [-0.15, -0.1) is 0 Å². The molecular weight excluding hydrogens is 506 g/mol. The number of piperidine rings is 2. The summed E-state index contributed by atoms with van der Waals surface area (Å²) in [6.45, 7) is 8.82. The first-order valence-electron chi connectivity index (χ1n) is 14.4. The molecule has 0 spiro atoms. The maximum absolute atomic E-state index is 13.1. The Morgan fingerprint density at radius 1 is 1.05 bits per heavy atom. The molecule has 1 amide bonds. The third-order valence-electron chi connectivity index (χ3n) is 8.20. The number of aromatic nitrogens is 2. The van der Waals surface area contributed by atoms with E-state index >= 15 is 0 Å². The molecule has 214 valence electrons. The van der Waals surface area contributed by atoms with Crippen LogP contribution in [-0.4, -0.2) is 61.3 Å². The minimum Gasteiger partial charge on any atom is -0.493 e. The highest BCUT2D eigenvalue weighted by Crippen LogP contribution is 2.31. The van der Waals surface area contributed by atoms with E-state index in [-0.39, 0.29) is 17.9 Å². The van der Waals surface area contributed by atoms with Crippen molar-refractivity contribution in [2.75, 3.05) is 45.3 Å². The van der Waals surface area contributed by atoms with Crippen LogP contribution < -0.4 is 19.7 Å². The van der Waals surface area contributed by atoms with Crippen LogP contribution in [0.25, 0.3) is 11.4 Å². The second-order valence-electron chi connectivity index (χ2n) is 11.1. The van der Waals surface area contributed by atoms with Crippen LogP contribution in [0.4, 0.5) is 5.69 Å². The lowest BCUT2D eigenvalue weighted by atomic mass is 9.95. The van der Waals surface area contributed by atoms with Crippen molar-refractivity contribution in [1.29, 1.82) is 0 Å². The Balaban J connectivity index is 1.09. The molecule has 0 aliphatic carbocycles. The number of likely N-dealkylation sites (tertiary alicyclic amines) is 1. The summed E-state index contributed by atoms with van der Waals surface area (Å²) >= 11 is 0. The number of carbonyl (C=O) groups excluding carboxylic acids is 1. The molecule has 3 aromatic rings. The van der Waals surface area contributed by atoms with Crippen LogP contribution in [0.15, 0.2) is 47.0 Å². The predicted octanol–water partition coefficient (Wildman–Crippen LogP) is 5.08. The van der Waals surface area contributed by atoms with Crippen molar-refractivity contribution in [3.05, 3.63) is 53.9 Å². The number of nitrogens with zero attached hydrogens (tertiary/aromatic N) is 4. The Kier molecular flexibility index (Phi) is 8.89. The molecule has 1 N–H and O–H groups in total. The Hall–Kier alpha value is -3.59. The van der Waals surface area contributed by atoms with Crippen molar-refractivity contribution in [2.24, 2.45) is 11.8 Å². The van der Waals surface area contributed by atoms with E-state index in [1.54, 1.807) is 14.2 Å². The average Bonchev–Trinajstić information content (AvgIpc) is 3.45. The highest BCUT2D eigenvalue weighted by Gasteiger charge is 2.27. The second kappa shape index (κ2) is 12.7. The maximum Gasteiger partial charge on any atom is 0.241 e. The molecule has 2 aliphatic rings. The number of benzene rings is 2. The third kappa shape index (κ3) is 6.58. The van der Waals surface area contributed by atoms with E-state index in [4.69, 9.17) is 14.0 Å². The molecule has 2 unspecified atom stereocenters. The van der Waals surface area contributed by atoms with E-state index in [0.29, 0.717) is 29.8 Å². The van der Waals surface area contributed by atoms with E-state index in [1.807, 2.05) is 18.2 Å². The molecule has 2 atom stereocenters. The summed E-state index contributed by atoms with van der Waals surface area (Å²) in [7, 11) is 3.20. The smallest absolute Gasteiger partial charge is 0.241 e. The monoisotopic (exact) mass is 547 g/mol. The molecule has 3 heterocycles. The number of anilines is 1. The zero-order valence-corrected chi connectivity index (χ0v) is 24.1. The van der Waals surface area contributed by atoms with Crippen molar-refractivity contribution in [2.45, 2.75) is 52.1 Å². The summed E-state index contributed by atoms with van der Waals surface area (Å²) in [4.78, 5) is 22.4. The normalized spacial score (nSPS) is 19.3. The number of ether oxygens (including phenoxy) is 2. The molecule has 2 aromatic carbocycles. The van der Waals surface area contributed by atoms with Gasteiger partial charge in [-0.2, -0.15) is 4.98 Å². The summed E-state index contributed by atoms with van der Waals surface area (Å²) < 4.78 is 16.2. The van der Waals surface area contributed by atoms with Crippen LogP contribution in [0.3, 0.4) is 0 Å². The number of methoxy groups -OCH3 is 2. The van der Waals surface area contributed by atoms with E-state index in [2.05, 4.69) is 63.4 Å². The molecule has 5 rings (SSSR count). The number of nitrogens with one attached hydrogen (secondary N) is 1. The molecule has 0 saturated carbocycles. The molecule has 2 aliphatic heterocycles. The van der Waals surface area contributed by atoms with E-state index in [1.165, 1.54) is 18.5 Å². The second-order valence-corrected chi connectivity index (χ2v) is 11.1. The number of hydrogen-bond donors (Lipinski definition) is 1. The SMILES string of the molecule is COc1ccc(-c2noc(CN3CCC(C(=O)NC(C)c4ccc(N5CCCC(C)C5)cc4)CC3)n2)cc1OC. The lowest BCUT2D eigenvalue weighted by molar-refractivity contribution is -0.127. The van der Waals surface area contributed by atoms with Crippen LogP contribution in [0.2, 0.25) is 0 Å². The van der Waals surface area contributed by atoms with Crippen molar-refractivity contribution in [1.82, 2.24) is 20.4 Å². The number of hydrogen-bond acceptors (Lipinski definition) is 8.